The van der Waals surface area contributed by atoms with E-state index in [9.17, 15) is 18.0 Å². The van der Waals surface area contributed by atoms with Gasteiger partial charge >= 0.3 is 6.18 Å². The molecule has 0 heterocycles. The number of anilines is 1. The summed E-state index contributed by atoms with van der Waals surface area (Å²) in [6.45, 7) is 0.341. The van der Waals surface area contributed by atoms with Crippen molar-refractivity contribution in [2.75, 3.05) is 5.32 Å². The van der Waals surface area contributed by atoms with Crippen molar-refractivity contribution < 1.29 is 18.0 Å². The molecule has 0 radical (unpaired) electrons. The lowest BCUT2D eigenvalue weighted by molar-refractivity contribution is -0.137. The van der Waals surface area contributed by atoms with Crippen LogP contribution in [-0.2, 0) is 12.7 Å². The first-order chi connectivity index (χ1) is 10.3. The highest BCUT2D eigenvalue weighted by molar-refractivity contribution is 6.31. The molecule has 0 saturated heterocycles. The van der Waals surface area contributed by atoms with E-state index in [1.165, 1.54) is 6.07 Å². The molecule has 2 rings (SSSR count). The third-order valence-corrected chi connectivity index (χ3v) is 3.31. The zero-order valence-electron chi connectivity index (χ0n) is 11.2. The van der Waals surface area contributed by atoms with Crippen molar-refractivity contribution in [1.82, 2.24) is 0 Å². The predicted octanol–water partition coefficient (Wildman–Crippen LogP) is 4.07. The molecule has 0 fully saturated rings. The fraction of sp³-hybridized carbons (Fsp3) is 0.133. The van der Waals surface area contributed by atoms with Crippen LogP contribution < -0.4 is 11.1 Å². The van der Waals surface area contributed by atoms with Gasteiger partial charge in [0, 0.05) is 17.8 Å². The van der Waals surface area contributed by atoms with Crippen molar-refractivity contribution in [1.29, 1.82) is 0 Å². The second kappa shape index (κ2) is 6.37. The van der Waals surface area contributed by atoms with Gasteiger partial charge in [-0.1, -0.05) is 23.7 Å². The van der Waals surface area contributed by atoms with Crippen molar-refractivity contribution in [3.05, 3.63) is 64.2 Å². The fourth-order valence-electron chi connectivity index (χ4n) is 1.82. The summed E-state index contributed by atoms with van der Waals surface area (Å²) in [5, 5.41) is 1.99. The number of nitrogens with one attached hydrogen (secondary N) is 1. The van der Waals surface area contributed by atoms with Crippen LogP contribution in [0.3, 0.4) is 0 Å². The number of halogens is 4. The number of alkyl halides is 3. The highest BCUT2D eigenvalue weighted by Crippen LogP contribution is 2.36. The van der Waals surface area contributed by atoms with Crippen LogP contribution in [0.2, 0.25) is 5.02 Å². The van der Waals surface area contributed by atoms with Crippen LogP contribution in [-0.4, -0.2) is 5.91 Å². The number of carbonyl (C=O) groups excluding carboxylic acids is 1. The Bertz CT molecular complexity index is 684. The zero-order chi connectivity index (χ0) is 16.3. The van der Waals surface area contributed by atoms with Crippen LogP contribution in [0.25, 0.3) is 0 Å². The van der Waals surface area contributed by atoms with Crippen LogP contribution >= 0.6 is 11.6 Å². The van der Waals surface area contributed by atoms with E-state index in [0.717, 1.165) is 17.7 Å². The van der Waals surface area contributed by atoms with Gasteiger partial charge in [0.25, 0.3) is 5.91 Å². The van der Waals surface area contributed by atoms with Gasteiger partial charge in [-0.15, -0.1) is 0 Å². The summed E-state index contributed by atoms with van der Waals surface area (Å²) in [6, 6.07) is 9.67. The van der Waals surface area contributed by atoms with Crippen molar-refractivity contribution in [3.8, 4) is 0 Å². The maximum atomic E-state index is 12.8. The molecule has 2 aromatic carbocycles. The smallest absolute Gasteiger partial charge is 0.326 e. The van der Waals surface area contributed by atoms with Gasteiger partial charge in [-0.25, -0.2) is 0 Å². The van der Waals surface area contributed by atoms with Crippen LogP contribution in [0.5, 0.6) is 0 Å². The van der Waals surface area contributed by atoms with Crippen LogP contribution in [0.1, 0.15) is 21.5 Å². The summed E-state index contributed by atoms with van der Waals surface area (Å²) in [4.78, 5) is 12.0. The lowest BCUT2D eigenvalue weighted by Gasteiger charge is -2.12. The minimum atomic E-state index is -4.58. The molecule has 22 heavy (non-hydrogen) atoms. The number of nitrogens with two attached hydrogens (primary N) is 1. The monoisotopic (exact) mass is 328 g/mol. The molecule has 116 valence electrons. The lowest BCUT2D eigenvalue weighted by atomic mass is 10.1. The Morgan fingerprint density at radius 1 is 1.14 bits per heavy atom. The first-order valence-electron chi connectivity index (χ1n) is 6.28. The number of amides is 1. The summed E-state index contributed by atoms with van der Waals surface area (Å²) >= 11 is 5.52. The number of benzene rings is 2. The van der Waals surface area contributed by atoms with Gasteiger partial charge in [0.05, 0.1) is 10.6 Å². The number of hydrogen-bond donors (Lipinski definition) is 2. The molecule has 0 bridgehead atoms. The minimum absolute atomic E-state index is 0.0182. The van der Waals surface area contributed by atoms with Crippen molar-refractivity contribution >= 4 is 23.2 Å². The van der Waals surface area contributed by atoms with E-state index in [1.807, 2.05) is 0 Å². The van der Waals surface area contributed by atoms with E-state index in [4.69, 9.17) is 17.3 Å². The summed E-state index contributed by atoms with van der Waals surface area (Å²) in [7, 11) is 0. The molecular weight excluding hydrogens is 317 g/mol. The second-order valence-electron chi connectivity index (χ2n) is 4.55. The Balaban J connectivity index is 2.21. The normalized spacial score (nSPS) is 11.3. The SMILES string of the molecule is NCc1ccc(C(=O)Nc2ccc(Cl)c(C(F)(F)F)c2)cc1. The lowest BCUT2D eigenvalue weighted by Crippen LogP contribution is -2.13. The van der Waals surface area contributed by atoms with Gasteiger partial charge in [0.2, 0.25) is 0 Å². The average Bonchev–Trinajstić information content (AvgIpc) is 2.48. The van der Waals surface area contributed by atoms with E-state index in [-0.39, 0.29) is 5.69 Å². The first-order valence-corrected chi connectivity index (χ1v) is 6.66. The topological polar surface area (TPSA) is 55.1 Å². The zero-order valence-corrected chi connectivity index (χ0v) is 12.0. The molecule has 3 N–H and O–H groups in total. The summed E-state index contributed by atoms with van der Waals surface area (Å²) in [5.41, 5.74) is 5.64. The van der Waals surface area contributed by atoms with Crippen molar-refractivity contribution in [3.63, 3.8) is 0 Å². The highest BCUT2D eigenvalue weighted by Gasteiger charge is 2.33. The van der Waals surface area contributed by atoms with Crippen molar-refractivity contribution in [2.24, 2.45) is 5.73 Å². The predicted molar refractivity (Wildman–Crippen MR) is 78.7 cm³/mol. The molecule has 0 aliphatic heterocycles. The van der Waals surface area contributed by atoms with Crippen molar-refractivity contribution in [2.45, 2.75) is 12.7 Å². The van der Waals surface area contributed by atoms with Gasteiger partial charge in [-0.05, 0) is 35.9 Å². The molecule has 0 aromatic heterocycles. The van der Waals surface area contributed by atoms with Gasteiger partial charge in [0.15, 0.2) is 0 Å². The summed E-state index contributed by atoms with van der Waals surface area (Å²) in [5.74, 6) is -0.515. The summed E-state index contributed by atoms with van der Waals surface area (Å²) < 4.78 is 38.3. The molecule has 3 nitrogen and oxygen atoms in total. The van der Waals surface area contributed by atoms with Gasteiger partial charge in [0.1, 0.15) is 0 Å². The molecule has 0 spiro atoms. The molecule has 0 aliphatic carbocycles. The Morgan fingerprint density at radius 2 is 1.77 bits per heavy atom. The molecular formula is C15H12ClF3N2O. The Morgan fingerprint density at radius 3 is 2.32 bits per heavy atom. The fourth-order valence-corrected chi connectivity index (χ4v) is 2.04. The maximum Gasteiger partial charge on any atom is 0.417 e. The molecule has 0 atom stereocenters. The number of hydrogen-bond acceptors (Lipinski definition) is 2. The largest absolute Gasteiger partial charge is 0.417 e. The van der Waals surface area contributed by atoms with Crippen LogP contribution in [0, 0.1) is 0 Å². The average molecular weight is 329 g/mol. The van der Waals surface area contributed by atoms with Gasteiger partial charge < -0.3 is 11.1 Å². The van der Waals surface area contributed by atoms with Gasteiger partial charge in [-0.3, -0.25) is 4.79 Å². The summed E-state index contributed by atoms with van der Waals surface area (Å²) in [6.07, 6.45) is -4.58. The van der Waals surface area contributed by atoms with E-state index in [1.54, 1.807) is 24.3 Å². The molecule has 0 saturated carbocycles. The molecule has 0 unspecified atom stereocenters. The standard InChI is InChI=1S/C15H12ClF3N2O/c16-13-6-5-11(7-12(13)15(17,18)19)21-14(22)10-3-1-9(8-20)2-4-10/h1-7H,8,20H2,(H,21,22). The maximum absolute atomic E-state index is 12.8. The number of rotatable bonds is 3. The quantitative estimate of drug-likeness (QED) is 0.892. The third-order valence-electron chi connectivity index (χ3n) is 2.98. The Hall–Kier alpha value is -2.05. The number of carbonyl (C=O) groups is 1. The van der Waals surface area contributed by atoms with E-state index < -0.39 is 22.7 Å². The molecule has 7 heteroatoms. The Kier molecular flexibility index (Phi) is 4.73. The first kappa shape index (κ1) is 16.3. The highest BCUT2D eigenvalue weighted by atomic mass is 35.5. The third kappa shape index (κ3) is 3.78. The van der Waals surface area contributed by atoms with Gasteiger partial charge in [-0.2, -0.15) is 13.2 Å². The molecule has 0 aliphatic rings. The minimum Gasteiger partial charge on any atom is -0.326 e. The van der Waals surface area contributed by atoms with E-state index in [0.29, 0.717) is 12.1 Å². The molecule has 2 aromatic rings. The van der Waals surface area contributed by atoms with E-state index in [2.05, 4.69) is 5.32 Å². The Labute approximate surface area is 129 Å². The van der Waals surface area contributed by atoms with Crippen LogP contribution in [0.15, 0.2) is 42.5 Å². The van der Waals surface area contributed by atoms with E-state index >= 15 is 0 Å². The second-order valence-corrected chi connectivity index (χ2v) is 4.95. The molecule has 1 amide bonds. The van der Waals surface area contributed by atoms with Crippen LogP contribution in [0.4, 0.5) is 18.9 Å².